The number of benzene rings is 1. The zero-order valence-corrected chi connectivity index (χ0v) is 11.7. The lowest BCUT2D eigenvalue weighted by Crippen LogP contribution is -2.44. The van der Waals surface area contributed by atoms with Crippen molar-refractivity contribution in [1.29, 1.82) is 0 Å². The normalized spacial score (nSPS) is 13.5. The Morgan fingerprint density at radius 3 is 2.42 bits per heavy atom. The van der Waals surface area contributed by atoms with Crippen LogP contribution >= 0.6 is 0 Å². The molecule has 0 saturated carbocycles. The second-order valence-electron chi connectivity index (χ2n) is 4.59. The van der Waals surface area contributed by atoms with Gasteiger partial charge in [0.05, 0.1) is 4.90 Å². The summed E-state index contributed by atoms with van der Waals surface area (Å²) in [5, 5.41) is 8.98. The topological polar surface area (TPSA) is 83.5 Å². The van der Waals surface area contributed by atoms with Crippen molar-refractivity contribution in [3.63, 3.8) is 0 Å². The highest BCUT2D eigenvalue weighted by atomic mass is 32.2. The van der Waals surface area contributed by atoms with Crippen LogP contribution in [-0.4, -0.2) is 25.5 Å². The van der Waals surface area contributed by atoms with Crippen LogP contribution in [0, 0.1) is 18.7 Å². The summed E-state index contributed by atoms with van der Waals surface area (Å²) in [4.78, 5) is 10.8. The van der Waals surface area contributed by atoms with E-state index in [0.29, 0.717) is 5.56 Å². The third-order valence-corrected chi connectivity index (χ3v) is 4.24. The summed E-state index contributed by atoms with van der Waals surface area (Å²) >= 11 is 0. The van der Waals surface area contributed by atoms with Crippen LogP contribution in [0.1, 0.15) is 19.4 Å². The summed E-state index contributed by atoms with van der Waals surface area (Å²) in [6.07, 6.45) is 0. The van der Waals surface area contributed by atoms with Gasteiger partial charge in [0.15, 0.2) is 0 Å². The van der Waals surface area contributed by atoms with E-state index >= 15 is 0 Å². The van der Waals surface area contributed by atoms with E-state index in [1.807, 2.05) is 0 Å². The monoisotopic (exact) mass is 289 g/mol. The molecule has 0 aliphatic rings. The first-order valence-electron chi connectivity index (χ1n) is 5.66. The van der Waals surface area contributed by atoms with Crippen molar-refractivity contribution in [2.24, 2.45) is 5.92 Å². The summed E-state index contributed by atoms with van der Waals surface area (Å²) in [7, 11) is -4.07. The number of carboxylic acids is 1. The number of carbonyl (C=O) groups is 1. The van der Waals surface area contributed by atoms with E-state index in [0.717, 1.165) is 12.1 Å². The maximum Gasteiger partial charge on any atom is 0.322 e. The molecule has 0 heterocycles. The second kappa shape index (κ2) is 5.66. The van der Waals surface area contributed by atoms with Crippen LogP contribution in [0.5, 0.6) is 0 Å². The third kappa shape index (κ3) is 3.74. The summed E-state index contributed by atoms with van der Waals surface area (Å²) < 4.78 is 39.4. The zero-order chi connectivity index (χ0) is 14.8. The van der Waals surface area contributed by atoms with Gasteiger partial charge in [-0.25, -0.2) is 12.8 Å². The number of nitrogens with one attached hydrogen (secondary N) is 1. The van der Waals surface area contributed by atoms with Crippen LogP contribution < -0.4 is 4.72 Å². The number of rotatable bonds is 5. The number of aliphatic carboxylic acids is 1. The molecule has 19 heavy (non-hydrogen) atoms. The Morgan fingerprint density at radius 2 is 1.95 bits per heavy atom. The van der Waals surface area contributed by atoms with Crippen molar-refractivity contribution in [1.82, 2.24) is 4.72 Å². The summed E-state index contributed by atoms with van der Waals surface area (Å²) in [6, 6.07) is 2.09. The number of hydrogen-bond donors (Lipinski definition) is 2. The maximum atomic E-state index is 13.1. The Hall–Kier alpha value is -1.47. The molecule has 0 saturated heterocycles. The van der Waals surface area contributed by atoms with Gasteiger partial charge in [-0.05, 0) is 30.5 Å². The van der Waals surface area contributed by atoms with Gasteiger partial charge >= 0.3 is 5.97 Å². The molecule has 1 rings (SSSR count). The van der Waals surface area contributed by atoms with Gasteiger partial charge in [-0.3, -0.25) is 4.79 Å². The van der Waals surface area contributed by atoms with Crippen molar-refractivity contribution >= 4 is 16.0 Å². The van der Waals surface area contributed by atoms with Crippen LogP contribution in [0.4, 0.5) is 4.39 Å². The molecule has 0 aliphatic heterocycles. The predicted molar refractivity (Wildman–Crippen MR) is 67.7 cm³/mol. The Bertz CT molecular complexity index is 583. The van der Waals surface area contributed by atoms with E-state index < -0.39 is 33.8 Å². The maximum absolute atomic E-state index is 13.1. The first-order chi connectivity index (χ1) is 8.65. The Kier molecular flexibility index (Phi) is 4.65. The molecule has 0 bridgehead atoms. The number of sulfonamides is 1. The van der Waals surface area contributed by atoms with Crippen molar-refractivity contribution in [2.45, 2.75) is 31.7 Å². The van der Waals surface area contributed by atoms with Crippen LogP contribution in [0.2, 0.25) is 0 Å². The highest BCUT2D eigenvalue weighted by molar-refractivity contribution is 7.89. The average molecular weight is 289 g/mol. The Morgan fingerprint density at radius 1 is 1.37 bits per heavy atom. The fourth-order valence-corrected chi connectivity index (χ4v) is 3.16. The molecule has 5 nitrogen and oxygen atoms in total. The number of aryl methyl sites for hydroxylation is 1. The summed E-state index contributed by atoms with van der Waals surface area (Å²) in [5.74, 6) is -2.39. The summed E-state index contributed by atoms with van der Waals surface area (Å²) in [5.41, 5.74) is 0.349. The Labute approximate surface area is 111 Å². The van der Waals surface area contributed by atoms with E-state index in [1.165, 1.54) is 13.0 Å². The molecule has 0 amide bonds. The van der Waals surface area contributed by atoms with Crippen molar-refractivity contribution in [3.05, 3.63) is 29.6 Å². The SMILES string of the molecule is Cc1ccc(F)cc1S(=O)(=O)N[C@H](C(=O)O)C(C)C. The van der Waals surface area contributed by atoms with Gasteiger partial charge in [0.2, 0.25) is 10.0 Å². The molecule has 0 spiro atoms. The zero-order valence-electron chi connectivity index (χ0n) is 10.8. The highest BCUT2D eigenvalue weighted by Crippen LogP contribution is 2.17. The molecule has 2 N–H and O–H groups in total. The fourth-order valence-electron chi connectivity index (χ4n) is 1.57. The van der Waals surface area contributed by atoms with Crippen molar-refractivity contribution in [2.75, 3.05) is 0 Å². The quantitative estimate of drug-likeness (QED) is 0.861. The molecule has 0 aromatic heterocycles. The van der Waals surface area contributed by atoms with Gasteiger partial charge in [0.25, 0.3) is 0 Å². The van der Waals surface area contributed by atoms with E-state index in [1.54, 1.807) is 13.8 Å². The van der Waals surface area contributed by atoms with Gasteiger partial charge in [0, 0.05) is 0 Å². The molecule has 1 aromatic carbocycles. The first-order valence-corrected chi connectivity index (χ1v) is 7.14. The van der Waals surface area contributed by atoms with Crippen LogP contribution in [0.15, 0.2) is 23.1 Å². The number of halogens is 1. The van der Waals surface area contributed by atoms with E-state index in [-0.39, 0.29) is 4.90 Å². The van der Waals surface area contributed by atoms with Crippen molar-refractivity contribution in [3.8, 4) is 0 Å². The predicted octanol–water partition coefficient (Wildman–Crippen LogP) is 1.52. The van der Waals surface area contributed by atoms with Gasteiger partial charge in [0.1, 0.15) is 11.9 Å². The van der Waals surface area contributed by atoms with Crippen LogP contribution in [-0.2, 0) is 14.8 Å². The van der Waals surface area contributed by atoms with E-state index in [9.17, 15) is 17.6 Å². The fraction of sp³-hybridized carbons (Fsp3) is 0.417. The van der Waals surface area contributed by atoms with Crippen LogP contribution in [0.3, 0.4) is 0 Å². The molecule has 0 unspecified atom stereocenters. The minimum absolute atomic E-state index is 0.251. The lowest BCUT2D eigenvalue weighted by molar-refractivity contribution is -0.140. The van der Waals surface area contributed by atoms with Gasteiger partial charge in [-0.2, -0.15) is 4.72 Å². The molecule has 0 aliphatic carbocycles. The van der Waals surface area contributed by atoms with Crippen molar-refractivity contribution < 1.29 is 22.7 Å². The van der Waals surface area contributed by atoms with Gasteiger partial charge in [-0.1, -0.05) is 19.9 Å². The standard InChI is InChI=1S/C12H16FNO4S/c1-7(2)11(12(15)16)14-19(17,18)10-6-9(13)5-4-8(10)3/h4-7,11,14H,1-3H3,(H,15,16)/t11-/m0/s1. The number of hydrogen-bond acceptors (Lipinski definition) is 3. The average Bonchev–Trinajstić information content (AvgIpc) is 2.28. The lowest BCUT2D eigenvalue weighted by Gasteiger charge is -2.18. The minimum atomic E-state index is -4.07. The second-order valence-corrected chi connectivity index (χ2v) is 6.27. The lowest BCUT2D eigenvalue weighted by atomic mass is 10.1. The Balaban J connectivity index is 3.17. The molecule has 106 valence electrons. The molecule has 1 atom stereocenters. The molecule has 7 heteroatoms. The first kappa shape index (κ1) is 15.6. The van der Waals surface area contributed by atoms with Gasteiger partial charge in [-0.15, -0.1) is 0 Å². The molecular weight excluding hydrogens is 273 g/mol. The number of carboxylic acid groups (broad SMARTS) is 1. The highest BCUT2D eigenvalue weighted by Gasteiger charge is 2.28. The minimum Gasteiger partial charge on any atom is -0.480 e. The van der Waals surface area contributed by atoms with Crippen LogP contribution in [0.25, 0.3) is 0 Å². The summed E-state index contributed by atoms with van der Waals surface area (Å²) in [6.45, 7) is 4.68. The molecular formula is C12H16FNO4S. The molecule has 0 fully saturated rings. The largest absolute Gasteiger partial charge is 0.480 e. The third-order valence-electron chi connectivity index (χ3n) is 2.65. The van der Waals surface area contributed by atoms with E-state index in [4.69, 9.17) is 5.11 Å². The van der Waals surface area contributed by atoms with Gasteiger partial charge < -0.3 is 5.11 Å². The molecule has 1 aromatic rings. The smallest absolute Gasteiger partial charge is 0.322 e. The molecule has 0 radical (unpaired) electrons. The van der Waals surface area contributed by atoms with E-state index in [2.05, 4.69) is 4.72 Å².